The second-order valence-corrected chi connectivity index (χ2v) is 8.95. The fraction of sp³-hybridized carbons (Fsp3) is 0.348. The minimum Gasteiger partial charge on any atom is -0.464 e. The number of halogens is 3. The van der Waals surface area contributed by atoms with E-state index in [4.69, 9.17) is 15.9 Å². The summed E-state index contributed by atoms with van der Waals surface area (Å²) in [5.74, 6) is -5.54. The summed E-state index contributed by atoms with van der Waals surface area (Å²) >= 11 is 1.40. The Morgan fingerprint density at radius 1 is 1.18 bits per heavy atom. The molecule has 2 rings (SSSR count). The molecule has 2 unspecified atom stereocenters. The molecule has 2 aromatic rings. The van der Waals surface area contributed by atoms with E-state index in [1.807, 2.05) is 13.8 Å². The molecule has 2 aromatic carbocycles. The van der Waals surface area contributed by atoms with Crippen molar-refractivity contribution in [1.29, 1.82) is 5.41 Å². The number of benzene rings is 2. The Balaban J connectivity index is 2.14. The highest BCUT2D eigenvalue weighted by Gasteiger charge is 2.20. The van der Waals surface area contributed by atoms with Crippen molar-refractivity contribution in [3.63, 3.8) is 0 Å². The molecule has 0 heterocycles. The Hall–Kier alpha value is -2.85. The lowest BCUT2D eigenvalue weighted by Crippen LogP contribution is -2.23. The van der Waals surface area contributed by atoms with Crippen molar-refractivity contribution in [2.45, 2.75) is 37.3 Å². The maximum Gasteiger partial charge on any atom is 0.319 e. The first-order valence-corrected chi connectivity index (χ1v) is 11.0. The molecule has 1 amide bonds. The summed E-state index contributed by atoms with van der Waals surface area (Å²) in [6.07, 6.45) is 0.557. The largest absolute Gasteiger partial charge is 0.464 e. The number of anilines is 1. The number of amides is 1. The van der Waals surface area contributed by atoms with E-state index in [0.717, 1.165) is 10.5 Å². The fourth-order valence-electron chi connectivity index (χ4n) is 2.89. The third-order valence-corrected chi connectivity index (χ3v) is 6.28. The number of hydrogen-bond donors (Lipinski definition) is 3. The second-order valence-electron chi connectivity index (χ2n) is 7.71. The van der Waals surface area contributed by atoms with Gasteiger partial charge in [-0.15, -0.1) is 11.8 Å². The third kappa shape index (κ3) is 7.61. The summed E-state index contributed by atoms with van der Waals surface area (Å²) in [4.78, 5) is 24.6. The number of ether oxygens (including phenoxy) is 1. The van der Waals surface area contributed by atoms with Gasteiger partial charge in [0.1, 0.15) is 0 Å². The molecule has 178 valence electrons. The molecular weight excluding hydrogens is 455 g/mol. The van der Waals surface area contributed by atoms with Crippen LogP contribution in [-0.4, -0.2) is 36.0 Å². The van der Waals surface area contributed by atoms with Crippen molar-refractivity contribution in [3.8, 4) is 0 Å². The number of hydrogen-bond acceptors (Lipinski definition) is 6. The minimum atomic E-state index is -1.61. The highest BCUT2D eigenvalue weighted by molar-refractivity contribution is 8.00. The van der Waals surface area contributed by atoms with Crippen molar-refractivity contribution in [2.24, 2.45) is 11.7 Å². The molecule has 0 aromatic heterocycles. The van der Waals surface area contributed by atoms with E-state index in [-0.39, 0.29) is 35.6 Å². The highest BCUT2D eigenvalue weighted by Crippen LogP contribution is 2.32. The average molecular weight is 482 g/mol. The summed E-state index contributed by atoms with van der Waals surface area (Å²) in [6, 6.07) is 6.32. The predicted molar refractivity (Wildman–Crippen MR) is 122 cm³/mol. The van der Waals surface area contributed by atoms with Crippen LogP contribution in [0, 0.1) is 35.7 Å². The van der Waals surface area contributed by atoms with Gasteiger partial charge >= 0.3 is 5.97 Å². The first-order chi connectivity index (χ1) is 15.5. The molecular formula is C23H26F3N3O3S. The molecule has 0 saturated carbocycles. The van der Waals surface area contributed by atoms with Gasteiger partial charge in [-0.1, -0.05) is 13.0 Å². The molecule has 0 saturated heterocycles. The summed E-state index contributed by atoms with van der Waals surface area (Å²) in [5.41, 5.74) is 6.56. The van der Waals surface area contributed by atoms with Crippen molar-refractivity contribution >= 4 is 35.0 Å². The van der Waals surface area contributed by atoms with Gasteiger partial charge in [-0.2, -0.15) is 0 Å². The van der Waals surface area contributed by atoms with E-state index in [9.17, 15) is 22.8 Å². The van der Waals surface area contributed by atoms with Crippen LogP contribution in [0.15, 0.2) is 35.2 Å². The van der Waals surface area contributed by atoms with Crippen LogP contribution < -0.4 is 11.1 Å². The SMILES string of the molecule is CC(=N)C(CC(C)COC(=O)CN)Sc1cc(C(=O)Nc2cc(F)c(F)c(F)c2)ccc1C. The maximum atomic E-state index is 13.4. The summed E-state index contributed by atoms with van der Waals surface area (Å²) in [7, 11) is 0. The average Bonchev–Trinajstić information content (AvgIpc) is 2.76. The number of aryl methyl sites for hydroxylation is 1. The lowest BCUT2D eigenvalue weighted by Gasteiger charge is -2.21. The zero-order valence-electron chi connectivity index (χ0n) is 18.5. The number of carbonyl (C=O) groups excluding carboxylic acids is 2. The molecule has 2 atom stereocenters. The first kappa shape index (κ1) is 26.4. The van der Waals surface area contributed by atoms with E-state index >= 15 is 0 Å². The number of thioether (sulfide) groups is 1. The number of esters is 1. The van der Waals surface area contributed by atoms with Crippen LogP contribution in [0.3, 0.4) is 0 Å². The van der Waals surface area contributed by atoms with Crippen LogP contribution in [0.1, 0.15) is 36.2 Å². The Bertz CT molecular complexity index is 1030. The standard InChI is InChI=1S/C23H26F3N3O3S/c1-12(11-32-21(30)10-27)6-20(14(3)28)33-19-7-15(5-4-13(19)2)23(31)29-16-8-17(24)22(26)18(25)9-16/h4-5,7-9,12,20,28H,6,10-11,27H2,1-3H3,(H,29,31). The van der Waals surface area contributed by atoms with Gasteiger partial charge in [-0.3, -0.25) is 9.59 Å². The maximum absolute atomic E-state index is 13.4. The molecule has 0 fully saturated rings. The van der Waals surface area contributed by atoms with Crippen LogP contribution in [0.2, 0.25) is 0 Å². The van der Waals surface area contributed by atoms with Crippen molar-refractivity contribution in [1.82, 2.24) is 0 Å². The Morgan fingerprint density at radius 2 is 1.82 bits per heavy atom. The summed E-state index contributed by atoms with van der Waals surface area (Å²) in [5, 5.41) is 10.3. The highest BCUT2D eigenvalue weighted by atomic mass is 32.2. The molecule has 6 nitrogen and oxygen atoms in total. The number of carbonyl (C=O) groups is 2. The lowest BCUT2D eigenvalue weighted by atomic mass is 10.0. The van der Waals surface area contributed by atoms with E-state index in [2.05, 4.69) is 5.32 Å². The van der Waals surface area contributed by atoms with Crippen molar-refractivity contribution in [2.75, 3.05) is 18.5 Å². The molecule has 0 spiro atoms. The van der Waals surface area contributed by atoms with Gasteiger partial charge in [0.25, 0.3) is 5.91 Å². The van der Waals surface area contributed by atoms with E-state index in [1.165, 1.54) is 11.8 Å². The van der Waals surface area contributed by atoms with E-state index < -0.39 is 29.3 Å². The van der Waals surface area contributed by atoms with Gasteiger partial charge < -0.3 is 21.2 Å². The molecule has 0 aliphatic carbocycles. The lowest BCUT2D eigenvalue weighted by molar-refractivity contribution is -0.143. The normalized spacial score (nSPS) is 12.7. The van der Waals surface area contributed by atoms with Gasteiger partial charge in [0, 0.05) is 39.2 Å². The zero-order chi connectivity index (χ0) is 24.7. The van der Waals surface area contributed by atoms with Gasteiger partial charge in [0.15, 0.2) is 17.5 Å². The topological polar surface area (TPSA) is 105 Å². The van der Waals surface area contributed by atoms with Crippen LogP contribution in [0.5, 0.6) is 0 Å². The van der Waals surface area contributed by atoms with Crippen LogP contribution in [0.25, 0.3) is 0 Å². The monoisotopic (exact) mass is 481 g/mol. The predicted octanol–water partition coefficient (Wildman–Crippen LogP) is 4.69. The van der Waals surface area contributed by atoms with Crippen LogP contribution in [0.4, 0.5) is 18.9 Å². The van der Waals surface area contributed by atoms with Crippen LogP contribution >= 0.6 is 11.8 Å². The van der Waals surface area contributed by atoms with Gasteiger partial charge in [0.2, 0.25) is 0 Å². The first-order valence-electron chi connectivity index (χ1n) is 10.2. The van der Waals surface area contributed by atoms with Gasteiger partial charge in [-0.25, -0.2) is 13.2 Å². The van der Waals surface area contributed by atoms with Gasteiger partial charge in [-0.05, 0) is 43.9 Å². The van der Waals surface area contributed by atoms with E-state index in [0.29, 0.717) is 24.3 Å². The number of nitrogens with two attached hydrogens (primary N) is 1. The Labute approximate surface area is 194 Å². The third-order valence-electron chi connectivity index (χ3n) is 4.76. The number of nitrogens with one attached hydrogen (secondary N) is 2. The molecule has 0 aliphatic heterocycles. The molecule has 0 bridgehead atoms. The van der Waals surface area contributed by atoms with E-state index in [1.54, 1.807) is 25.1 Å². The van der Waals surface area contributed by atoms with Gasteiger partial charge in [0.05, 0.1) is 13.2 Å². The Morgan fingerprint density at radius 3 is 2.39 bits per heavy atom. The molecule has 10 heteroatoms. The zero-order valence-corrected chi connectivity index (χ0v) is 19.3. The minimum absolute atomic E-state index is 0.0200. The van der Waals surface area contributed by atoms with Crippen molar-refractivity contribution in [3.05, 3.63) is 58.9 Å². The smallest absolute Gasteiger partial charge is 0.319 e. The molecule has 4 N–H and O–H groups in total. The molecule has 33 heavy (non-hydrogen) atoms. The molecule has 0 aliphatic rings. The summed E-state index contributed by atoms with van der Waals surface area (Å²) < 4.78 is 45.1. The quantitative estimate of drug-likeness (QED) is 0.198. The molecule has 0 radical (unpaired) electrons. The fourth-order valence-corrected chi connectivity index (χ4v) is 4.25. The Kier molecular flexibility index (Phi) is 9.48. The number of rotatable bonds is 10. The summed E-state index contributed by atoms with van der Waals surface area (Å²) in [6.45, 7) is 5.43. The van der Waals surface area contributed by atoms with Crippen molar-refractivity contribution < 1.29 is 27.5 Å². The second kappa shape index (κ2) is 11.9. The van der Waals surface area contributed by atoms with Crippen LogP contribution in [-0.2, 0) is 9.53 Å².